The zero-order chi connectivity index (χ0) is 8.86. The van der Waals surface area contributed by atoms with E-state index in [1.165, 1.54) is 24.3 Å². The summed E-state index contributed by atoms with van der Waals surface area (Å²) in [6.07, 6.45) is 3.40. The van der Waals surface area contributed by atoms with Gasteiger partial charge in [-0.05, 0) is 44.2 Å². The third-order valence-corrected chi connectivity index (χ3v) is 3.44. The average Bonchev–Trinajstić information content (AvgIpc) is 2.07. The maximum atomic E-state index is 5.82. The second-order valence-electron chi connectivity index (χ2n) is 3.27. The van der Waals surface area contributed by atoms with Crippen molar-refractivity contribution in [1.29, 1.82) is 0 Å². The lowest BCUT2D eigenvalue weighted by Gasteiger charge is -2.36. The first kappa shape index (κ1) is 10.4. The molecule has 0 saturated carbocycles. The Bertz CT molecular complexity index is 108. The Morgan fingerprint density at radius 1 is 1.42 bits per heavy atom. The first-order valence-corrected chi connectivity index (χ1v) is 5.90. The van der Waals surface area contributed by atoms with E-state index in [4.69, 9.17) is 10.5 Å². The van der Waals surface area contributed by atoms with Gasteiger partial charge in [0.05, 0.1) is 5.60 Å². The van der Waals surface area contributed by atoms with Crippen molar-refractivity contribution in [3.05, 3.63) is 0 Å². The smallest absolute Gasteiger partial charge is 0.0710 e. The third kappa shape index (κ3) is 2.64. The summed E-state index contributed by atoms with van der Waals surface area (Å²) in [5.74, 6) is 2.47. The molecule has 0 unspecified atom stereocenters. The van der Waals surface area contributed by atoms with Crippen molar-refractivity contribution in [2.75, 3.05) is 24.7 Å². The van der Waals surface area contributed by atoms with Crippen LogP contribution in [0.5, 0.6) is 0 Å². The normalized spacial score (nSPS) is 22.5. The Morgan fingerprint density at radius 2 is 2.08 bits per heavy atom. The molecule has 0 aromatic heterocycles. The Hall–Kier alpha value is 0.270. The van der Waals surface area contributed by atoms with E-state index in [0.717, 1.165) is 19.6 Å². The summed E-state index contributed by atoms with van der Waals surface area (Å²) in [7, 11) is 0. The van der Waals surface area contributed by atoms with Crippen LogP contribution in [0.4, 0.5) is 0 Å². The van der Waals surface area contributed by atoms with Crippen LogP contribution in [0.3, 0.4) is 0 Å². The number of ether oxygens (including phenoxy) is 1. The summed E-state index contributed by atoms with van der Waals surface area (Å²) in [6.45, 7) is 3.65. The second-order valence-corrected chi connectivity index (χ2v) is 4.49. The fourth-order valence-electron chi connectivity index (χ4n) is 1.78. The van der Waals surface area contributed by atoms with E-state index < -0.39 is 0 Å². The lowest BCUT2D eigenvalue weighted by Crippen LogP contribution is -2.38. The molecule has 0 spiro atoms. The number of hydrogen-bond donors (Lipinski definition) is 1. The maximum absolute atomic E-state index is 5.82. The van der Waals surface area contributed by atoms with Crippen molar-refractivity contribution in [3.63, 3.8) is 0 Å². The molecule has 1 rings (SSSR count). The molecule has 12 heavy (non-hydrogen) atoms. The van der Waals surface area contributed by atoms with E-state index in [1.807, 2.05) is 11.8 Å². The van der Waals surface area contributed by atoms with Crippen molar-refractivity contribution in [2.24, 2.45) is 5.73 Å². The van der Waals surface area contributed by atoms with E-state index in [2.05, 4.69) is 6.92 Å². The fourth-order valence-corrected chi connectivity index (χ4v) is 3.02. The highest BCUT2D eigenvalue weighted by atomic mass is 32.2. The van der Waals surface area contributed by atoms with E-state index in [1.54, 1.807) is 0 Å². The molecule has 1 fully saturated rings. The summed E-state index contributed by atoms with van der Waals surface area (Å²) >= 11 is 2.03. The van der Waals surface area contributed by atoms with E-state index in [-0.39, 0.29) is 5.60 Å². The number of nitrogens with two attached hydrogens (primary N) is 1. The quantitative estimate of drug-likeness (QED) is 0.730. The summed E-state index contributed by atoms with van der Waals surface area (Å²) in [5, 5.41) is 0. The van der Waals surface area contributed by atoms with Crippen molar-refractivity contribution >= 4 is 11.8 Å². The number of hydrogen-bond acceptors (Lipinski definition) is 3. The van der Waals surface area contributed by atoms with Crippen molar-refractivity contribution < 1.29 is 4.74 Å². The van der Waals surface area contributed by atoms with Crippen molar-refractivity contribution in [3.8, 4) is 0 Å². The van der Waals surface area contributed by atoms with Crippen LogP contribution in [0.25, 0.3) is 0 Å². The van der Waals surface area contributed by atoms with Crippen LogP contribution in [-0.4, -0.2) is 30.3 Å². The van der Waals surface area contributed by atoms with Crippen LogP contribution in [0, 0.1) is 0 Å². The van der Waals surface area contributed by atoms with Crippen LogP contribution in [0.2, 0.25) is 0 Å². The fraction of sp³-hybridized carbons (Fsp3) is 1.00. The molecule has 2 nitrogen and oxygen atoms in total. The summed E-state index contributed by atoms with van der Waals surface area (Å²) in [4.78, 5) is 0. The SMILES string of the molecule is CCOC1(CCN)CCSCC1. The van der Waals surface area contributed by atoms with Gasteiger partial charge >= 0.3 is 0 Å². The molecule has 2 N–H and O–H groups in total. The molecule has 3 heteroatoms. The highest BCUT2D eigenvalue weighted by Gasteiger charge is 2.31. The number of thioether (sulfide) groups is 1. The van der Waals surface area contributed by atoms with Crippen LogP contribution >= 0.6 is 11.8 Å². The van der Waals surface area contributed by atoms with Gasteiger partial charge in [-0.25, -0.2) is 0 Å². The molecule has 1 aliphatic rings. The van der Waals surface area contributed by atoms with Crippen LogP contribution in [0.1, 0.15) is 26.2 Å². The minimum atomic E-state index is 0.134. The maximum Gasteiger partial charge on any atom is 0.0710 e. The molecule has 72 valence electrons. The first-order valence-electron chi connectivity index (χ1n) is 4.75. The van der Waals surface area contributed by atoms with Crippen LogP contribution < -0.4 is 5.73 Å². The first-order chi connectivity index (χ1) is 5.83. The van der Waals surface area contributed by atoms with Gasteiger partial charge in [0.2, 0.25) is 0 Å². The topological polar surface area (TPSA) is 35.2 Å². The van der Waals surface area contributed by atoms with Crippen molar-refractivity contribution in [1.82, 2.24) is 0 Å². The van der Waals surface area contributed by atoms with Crippen molar-refractivity contribution in [2.45, 2.75) is 31.8 Å². The predicted molar refractivity (Wildman–Crippen MR) is 54.6 cm³/mol. The highest BCUT2D eigenvalue weighted by molar-refractivity contribution is 7.99. The molecule has 0 aromatic carbocycles. The minimum Gasteiger partial charge on any atom is -0.375 e. The second kappa shape index (κ2) is 5.10. The molecule has 0 amide bonds. The number of rotatable bonds is 4. The van der Waals surface area contributed by atoms with Crippen LogP contribution in [-0.2, 0) is 4.74 Å². The van der Waals surface area contributed by atoms with Gasteiger partial charge < -0.3 is 10.5 Å². The summed E-state index contributed by atoms with van der Waals surface area (Å²) in [5.41, 5.74) is 5.72. The van der Waals surface area contributed by atoms with Gasteiger partial charge in [-0.15, -0.1) is 0 Å². The zero-order valence-corrected chi connectivity index (χ0v) is 8.66. The molecule has 0 aliphatic carbocycles. The van der Waals surface area contributed by atoms with Gasteiger partial charge in [-0.2, -0.15) is 11.8 Å². The Labute approximate surface area is 79.2 Å². The molecule has 1 saturated heterocycles. The largest absolute Gasteiger partial charge is 0.375 e. The minimum absolute atomic E-state index is 0.134. The highest BCUT2D eigenvalue weighted by Crippen LogP contribution is 2.32. The Morgan fingerprint density at radius 3 is 2.58 bits per heavy atom. The summed E-state index contributed by atoms with van der Waals surface area (Å²) in [6, 6.07) is 0. The molecular formula is C9H19NOS. The summed E-state index contributed by atoms with van der Waals surface area (Å²) < 4.78 is 5.82. The van der Waals surface area contributed by atoms with Crippen LogP contribution in [0.15, 0.2) is 0 Å². The molecule has 0 radical (unpaired) electrons. The molecular weight excluding hydrogens is 170 g/mol. The van der Waals surface area contributed by atoms with Gasteiger partial charge in [0.1, 0.15) is 0 Å². The molecule has 1 aliphatic heterocycles. The lowest BCUT2D eigenvalue weighted by molar-refractivity contribution is -0.0495. The zero-order valence-electron chi connectivity index (χ0n) is 7.84. The van der Waals surface area contributed by atoms with E-state index in [9.17, 15) is 0 Å². The monoisotopic (exact) mass is 189 g/mol. The van der Waals surface area contributed by atoms with E-state index in [0.29, 0.717) is 0 Å². The Kier molecular flexibility index (Phi) is 4.40. The van der Waals surface area contributed by atoms with Gasteiger partial charge in [0.15, 0.2) is 0 Å². The lowest BCUT2D eigenvalue weighted by atomic mass is 9.92. The van der Waals surface area contributed by atoms with Gasteiger partial charge in [-0.3, -0.25) is 0 Å². The third-order valence-electron chi connectivity index (χ3n) is 2.45. The standard InChI is InChI=1S/C9H19NOS/c1-2-11-9(3-6-10)4-7-12-8-5-9/h2-8,10H2,1H3. The van der Waals surface area contributed by atoms with E-state index >= 15 is 0 Å². The predicted octanol–water partition coefficient (Wildman–Crippen LogP) is 1.64. The van der Waals surface area contributed by atoms with Gasteiger partial charge in [0, 0.05) is 6.61 Å². The van der Waals surface area contributed by atoms with Gasteiger partial charge in [0.25, 0.3) is 0 Å². The molecule has 0 aromatic rings. The Balaban J connectivity index is 2.44. The van der Waals surface area contributed by atoms with Gasteiger partial charge in [-0.1, -0.05) is 0 Å². The molecule has 0 bridgehead atoms. The molecule has 0 atom stereocenters. The average molecular weight is 189 g/mol. The molecule has 1 heterocycles.